The van der Waals surface area contributed by atoms with Crippen molar-refractivity contribution in [1.82, 2.24) is 10.2 Å². The quantitative estimate of drug-likeness (QED) is 0.860. The second-order valence-electron chi connectivity index (χ2n) is 7.10. The molecule has 2 amide bonds. The zero-order valence-electron chi connectivity index (χ0n) is 15.0. The maximum Gasteiger partial charge on any atom is 0.319 e. The number of anilines is 1. The molecule has 1 aromatic heterocycles. The van der Waals surface area contributed by atoms with Crippen LogP contribution < -0.4 is 15.4 Å². The number of nitrogens with one attached hydrogen (secondary N) is 2. The van der Waals surface area contributed by atoms with Crippen LogP contribution in [0.2, 0.25) is 0 Å². The normalized spacial score (nSPS) is 25.0. The molecule has 2 saturated heterocycles. The first-order chi connectivity index (χ1) is 12.7. The minimum absolute atomic E-state index is 0.168. The molecule has 2 bridgehead atoms. The molecule has 0 saturated carbocycles. The second-order valence-corrected chi connectivity index (χ2v) is 7.10. The van der Waals surface area contributed by atoms with Gasteiger partial charge in [-0.1, -0.05) is 12.1 Å². The lowest BCUT2D eigenvalue weighted by molar-refractivity contribution is 0.104. The molecule has 2 N–H and O–H groups in total. The summed E-state index contributed by atoms with van der Waals surface area (Å²) < 4.78 is 10.8. The van der Waals surface area contributed by atoms with Gasteiger partial charge < -0.3 is 19.8 Å². The fraction of sp³-hybridized carbons (Fsp3) is 0.450. The summed E-state index contributed by atoms with van der Waals surface area (Å²) in [5.74, 6) is 1.68. The standard InChI is InChI=1S/C20H25N3O3/c1-25-19-7-3-2-6-18(19)22-20(24)21-14-11-15-8-9-16(12-14)23(15)13-17-5-4-10-26-17/h2-7,10,14-16H,8-9,11-13H2,1H3,(H2,21,22,24)/t14?,15-,16+. The number of benzene rings is 1. The van der Waals surface area contributed by atoms with Gasteiger partial charge in [-0.05, 0) is 49.9 Å². The zero-order valence-corrected chi connectivity index (χ0v) is 15.0. The van der Waals surface area contributed by atoms with Gasteiger partial charge in [0.15, 0.2) is 0 Å². The lowest BCUT2D eigenvalue weighted by Gasteiger charge is -2.38. The number of carbonyl (C=O) groups is 1. The fourth-order valence-electron chi connectivity index (χ4n) is 4.32. The first-order valence-corrected chi connectivity index (χ1v) is 9.21. The van der Waals surface area contributed by atoms with Gasteiger partial charge in [-0.2, -0.15) is 0 Å². The number of methoxy groups -OCH3 is 1. The number of fused-ring (bicyclic) bond motifs is 2. The number of nitrogens with zero attached hydrogens (tertiary/aromatic N) is 1. The molecule has 2 aromatic rings. The van der Waals surface area contributed by atoms with E-state index < -0.39 is 0 Å². The molecule has 138 valence electrons. The summed E-state index contributed by atoms with van der Waals surface area (Å²) in [5, 5.41) is 6.05. The summed E-state index contributed by atoms with van der Waals surface area (Å²) in [6.45, 7) is 0.864. The van der Waals surface area contributed by atoms with Crippen molar-refractivity contribution < 1.29 is 13.9 Å². The first-order valence-electron chi connectivity index (χ1n) is 9.21. The largest absolute Gasteiger partial charge is 0.495 e. The van der Waals surface area contributed by atoms with Gasteiger partial charge in [-0.15, -0.1) is 0 Å². The third-order valence-electron chi connectivity index (χ3n) is 5.49. The molecule has 0 aliphatic carbocycles. The Morgan fingerprint density at radius 1 is 1.19 bits per heavy atom. The van der Waals surface area contributed by atoms with Crippen LogP contribution in [-0.4, -0.2) is 36.2 Å². The number of para-hydroxylation sites is 2. The molecule has 26 heavy (non-hydrogen) atoms. The molecule has 6 nitrogen and oxygen atoms in total. The van der Waals surface area contributed by atoms with E-state index in [1.807, 2.05) is 36.4 Å². The van der Waals surface area contributed by atoms with E-state index in [0.717, 1.165) is 25.1 Å². The Bertz CT molecular complexity index is 733. The minimum atomic E-state index is -0.168. The molecule has 3 atom stereocenters. The van der Waals surface area contributed by atoms with Crippen molar-refractivity contribution in [3.8, 4) is 5.75 Å². The molecule has 1 aromatic carbocycles. The van der Waals surface area contributed by atoms with E-state index in [1.54, 1.807) is 13.4 Å². The SMILES string of the molecule is COc1ccccc1NC(=O)NC1C[C@H]2CC[C@@H](C1)N2Cc1ccco1. The van der Waals surface area contributed by atoms with E-state index in [9.17, 15) is 4.79 Å². The number of amides is 2. The summed E-state index contributed by atoms with van der Waals surface area (Å²) in [6, 6.07) is 12.5. The number of carbonyl (C=O) groups excluding carboxylic acids is 1. The Morgan fingerprint density at radius 2 is 1.96 bits per heavy atom. The van der Waals surface area contributed by atoms with Crippen molar-refractivity contribution in [2.24, 2.45) is 0 Å². The Morgan fingerprint density at radius 3 is 2.65 bits per heavy atom. The molecule has 6 heteroatoms. The molecule has 2 fully saturated rings. The summed E-state index contributed by atoms with van der Waals surface area (Å²) in [5.41, 5.74) is 0.686. The lowest BCUT2D eigenvalue weighted by atomic mass is 9.97. The van der Waals surface area contributed by atoms with E-state index in [1.165, 1.54) is 12.8 Å². The Labute approximate surface area is 153 Å². The van der Waals surface area contributed by atoms with Crippen molar-refractivity contribution in [1.29, 1.82) is 0 Å². The van der Waals surface area contributed by atoms with Gasteiger partial charge in [-0.3, -0.25) is 4.90 Å². The highest BCUT2D eigenvalue weighted by molar-refractivity contribution is 5.91. The molecule has 2 aliphatic heterocycles. The lowest BCUT2D eigenvalue weighted by Crippen LogP contribution is -2.50. The van der Waals surface area contributed by atoms with Crippen molar-refractivity contribution in [2.75, 3.05) is 12.4 Å². The summed E-state index contributed by atoms with van der Waals surface area (Å²) >= 11 is 0. The van der Waals surface area contributed by atoms with Crippen LogP contribution in [0, 0.1) is 0 Å². The number of furan rings is 1. The topological polar surface area (TPSA) is 66.7 Å². The summed E-state index contributed by atoms with van der Waals surface area (Å²) in [7, 11) is 1.60. The highest BCUT2D eigenvalue weighted by Crippen LogP contribution is 2.37. The highest BCUT2D eigenvalue weighted by atomic mass is 16.5. The van der Waals surface area contributed by atoms with Crippen molar-refractivity contribution in [3.63, 3.8) is 0 Å². The number of hydrogen-bond acceptors (Lipinski definition) is 4. The van der Waals surface area contributed by atoms with Gasteiger partial charge >= 0.3 is 6.03 Å². The molecule has 3 heterocycles. The molecular formula is C20H25N3O3. The predicted octanol–water partition coefficient (Wildman–Crippen LogP) is 3.61. The monoisotopic (exact) mass is 355 g/mol. The summed E-state index contributed by atoms with van der Waals surface area (Å²) in [6.07, 6.45) is 6.08. The van der Waals surface area contributed by atoms with Crippen LogP contribution in [0.3, 0.4) is 0 Å². The van der Waals surface area contributed by atoms with Gasteiger partial charge in [0, 0.05) is 18.1 Å². The smallest absolute Gasteiger partial charge is 0.319 e. The predicted molar refractivity (Wildman–Crippen MR) is 99.2 cm³/mol. The van der Waals surface area contributed by atoms with Crippen LogP contribution in [0.1, 0.15) is 31.4 Å². The van der Waals surface area contributed by atoms with Crippen LogP contribution in [0.5, 0.6) is 5.75 Å². The van der Waals surface area contributed by atoms with Gasteiger partial charge in [0.2, 0.25) is 0 Å². The number of ether oxygens (including phenoxy) is 1. The average molecular weight is 355 g/mol. The molecule has 0 radical (unpaired) electrons. The third-order valence-corrected chi connectivity index (χ3v) is 5.49. The molecule has 0 spiro atoms. The van der Waals surface area contributed by atoms with Gasteiger partial charge in [0.25, 0.3) is 0 Å². The van der Waals surface area contributed by atoms with Crippen LogP contribution in [0.25, 0.3) is 0 Å². The van der Waals surface area contributed by atoms with Gasteiger partial charge in [0.1, 0.15) is 11.5 Å². The molecule has 2 aliphatic rings. The second kappa shape index (κ2) is 7.41. The van der Waals surface area contributed by atoms with Gasteiger partial charge in [-0.25, -0.2) is 4.79 Å². The first kappa shape index (κ1) is 17.0. The van der Waals surface area contributed by atoms with Crippen molar-refractivity contribution >= 4 is 11.7 Å². The zero-order chi connectivity index (χ0) is 17.9. The molecule has 1 unspecified atom stereocenters. The highest BCUT2D eigenvalue weighted by Gasteiger charge is 2.41. The molecule has 4 rings (SSSR count). The van der Waals surface area contributed by atoms with Crippen LogP contribution in [-0.2, 0) is 6.54 Å². The maximum absolute atomic E-state index is 12.4. The minimum Gasteiger partial charge on any atom is -0.495 e. The van der Waals surface area contributed by atoms with Crippen molar-refractivity contribution in [2.45, 2.75) is 50.4 Å². The van der Waals surface area contributed by atoms with E-state index >= 15 is 0 Å². The summed E-state index contributed by atoms with van der Waals surface area (Å²) in [4.78, 5) is 15.0. The number of rotatable bonds is 5. The van der Waals surface area contributed by atoms with E-state index in [4.69, 9.17) is 9.15 Å². The van der Waals surface area contributed by atoms with E-state index in [0.29, 0.717) is 23.5 Å². The van der Waals surface area contributed by atoms with Gasteiger partial charge in [0.05, 0.1) is 25.6 Å². The maximum atomic E-state index is 12.4. The van der Waals surface area contributed by atoms with E-state index in [2.05, 4.69) is 15.5 Å². The number of piperidine rings is 1. The van der Waals surface area contributed by atoms with E-state index in [-0.39, 0.29) is 12.1 Å². The van der Waals surface area contributed by atoms with Crippen LogP contribution in [0.15, 0.2) is 47.1 Å². The number of hydrogen-bond donors (Lipinski definition) is 2. The third kappa shape index (κ3) is 3.55. The Kier molecular flexibility index (Phi) is 4.84. The Hall–Kier alpha value is -2.47. The average Bonchev–Trinajstić information content (AvgIpc) is 3.22. The Balaban J connectivity index is 1.33. The van der Waals surface area contributed by atoms with Crippen molar-refractivity contribution in [3.05, 3.63) is 48.4 Å². The van der Waals surface area contributed by atoms with Crippen LogP contribution >= 0.6 is 0 Å². The van der Waals surface area contributed by atoms with Crippen LogP contribution in [0.4, 0.5) is 10.5 Å². The fourth-order valence-corrected chi connectivity index (χ4v) is 4.32. The molecular weight excluding hydrogens is 330 g/mol. The number of urea groups is 1.